The minimum Gasteiger partial charge on any atom is -0.365 e. The highest BCUT2D eigenvalue weighted by atomic mass is 32.2. The number of benzene rings is 1. The standard InChI is InChI=1S/C14H12F3N5O2S/c1-25(23,24)10-4-2-9(3-5-10)8-18-11-6-7-12-19-20-13(14(15,16)17)22(12)21-11/h2-7H,8H2,1H3,(H,18,21). The molecule has 7 nitrogen and oxygen atoms in total. The Hall–Kier alpha value is -2.69. The first kappa shape index (κ1) is 17.1. The molecule has 25 heavy (non-hydrogen) atoms. The quantitative estimate of drug-likeness (QED) is 0.756. The molecule has 1 aromatic carbocycles. The number of nitrogens with one attached hydrogen (secondary N) is 1. The summed E-state index contributed by atoms with van der Waals surface area (Å²) in [6.07, 6.45) is -3.55. The van der Waals surface area contributed by atoms with E-state index < -0.39 is 21.8 Å². The number of anilines is 1. The molecule has 1 N–H and O–H groups in total. The van der Waals surface area contributed by atoms with E-state index in [1.807, 2.05) is 0 Å². The number of fused-ring (bicyclic) bond motifs is 1. The smallest absolute Gasteiger partial charge is 0.365 e. The number of sulfone groups is 1. The van der Waals surface area contributed by atoms with Crippen molar-refractivity contribution in [3.05, 3.63) is 47.8 Å². The lowest BCUT2D eigenvalue weighted by atomic mass is 10.2. The zero-order valence-corrected chi connectivity index (χ0v) is 13.6. The van der Waals surface area contributed by atoms with Gasteiger partial charge in [-0.3, -0.25) is 0 Å². The molecule has 0 aliphatic heterocycles. The van der Waals surface area contributed by atoms with Gasteiger partial charge in [0.25, 0.3) is 5.82 Å². The van der Waals surface area contributed by atoms with Gasteiger partial charge in [-0.15, -0.1) is 15.3 Å². The van der Waals surface area contributed by atoms with Crippen molar-refractivity contribution in [3.8, 4) is 0 Å². The number of rotatable bonds is 4. The van der Waals surface area contributed by atoms with Gasteiger partial charge in [-0.05, 0) is 29.8 Å². The van der Waals surface area contributed by atoms with Crippen molar-refractivity contribution in [2.45, 2.75) is 17.6 Å². The van der Waals surface area contributed by atoms with Crippen LogP contribution in [0.2, 0.25) is 0 Å². The van der Waals surface area contributed by atoms with Crippen molar-refractivity contribution >= 4 is 21.3 Å². The van der Waals surface area contributed by atoms with E-state index in [1.54, 1.807) is 12.1 Å². The van der Waals surface area contributed by atoms with Crippen LogP contribution in [0.5, 0.6) is 0 Å². The van der Waals surface area contributed by atoms with Crippen LogP contribution in [0.15, 0.2) is 41.3 Å². The third-order valence-electron chi connectivity index (χ3n) is 3.34. The summed E-state index contributed by atoms with van der Waals surface area (Å²) in [4.78, 5) is 0.190. The molecule has 0 saturated heterocycles. The summed E-state index contributed by atoms with van der Waals surface area (Å²) in [5.41, 5.74) is 0.726. The lowest BCUT2D eigenvalue weighted by Gasteiger charge is -2.08. The van der Waals surface area contributed by atoms with Crippen molar-refractivity contribution in [2.24, 2.45) is 0 Å². The fourth-order valence-electron chi connectivity index (χ4n) is 2.11. The summed E-state index contributed by atoms with van der Waals surface area (Å²) in [6, 6.07) is 9.00. The van der Waals surface area contributed by atoms with Crippen LogP contribution in [-0.2, 0) is 22.6 Å². The van der Waals surface area contributed by atoms with E-state index in [-0.39, 0.29) is 22.9 Å². The first-order valence-corrected chi connectivity index (χ1v) is 8.86. The second-order valence-electron chi connectivity index (χ2n) is 5.28. The number of nitrogens with zero attached hydrogens (tertiary/aromatic N) is 4. The van der Waals surface area contributed by atoms with Crippen LogP contribution in [-0.4, -0.2) is 34.5 Å². The molecule has 0 aliphatic rings. The van der Waals surface area contributed by atoms with Crippen LogP contribution in [0.3, 0.4) is 0 Å². The highest BCUT2D eigenvalue weighted by Crippen LogP contribution is 2.27. The van der Waals surface area contributed by atoms with Crippen LogP contribution in [0.25, 0.3) is 5.65 Å². The van der Waals surface area contributed by atoms with Crippen LogP contribution in [0.1, 0.15) is 11.4 Å². The van der Waals surface area contributed by atoms with Gasteiger partial charge in [0.1, 0.15) is 5.82 Å². The summed E-state index contributed by atoms with van der Waals surface area (Å²) in [7, 11) is -3.28. The van der Waals surface area contributed by atoms with Gasteiger partial charge >= 0.3 is 6.18 Å². The van der Waals surface area contributed by atoms with Crippen molar-refractivity contribution in [2.75, 3.05) is 11.6 Å². The molecular formula is C14H12F3N5O2S. The molecule has 0 bridgehead atoms. The molecular weight excluding hydrogens is 359 g/mol. The Balaban J connectivity index is 1.79. The third kappa shape index (κ3) is 3.71. The summed E-state index contributed by atoms with van der Waals surface area (Å²) in [6.45, 7) is 0.256. The fourth-order valence-corrected chi connectivity index (χ4v) is 2.74. The summed E-state index contributed by atoms with van der Waals surface area (Å²) in [5, 5.41) is 13.2. The largest absolute Gasteiger partial charge is 0.453 e. The highest BCUT2D eigenvalue weighted by molar-refractivity contribution is 7.90. The van der Waals surface area contributed by atoms with E-state index in [4.69, 9.17) is 0 Å². The lowest BCUT2D eigenvalue weighted by molar-refractivity contribution is -0.146. The zero-order valence-electron chi connectivity index (χ0n) is 12.8. The SMILES string of the molecule is CS(=O)(=O)c1ccc(CNc2ccc3nnc(C(F)(F)F)n3n2)cc1. The average Bonchev–Trinajstić information content (AvgIpc) is 2.95. The van der Waals surface area contributed by atoms with Gasteiger partial charge in [-0.2, -0.15) is 17.7 Å². The Morgan fingerprint density at radius 2 is 1.76 bits per heavy atom. The van der Waals surface area contributed by atoms with Crippen LogP contribution in [0, 0.1) is 0 Å². The van der Waals surface area contributed by atoms with Gasteiger partial charge in [0.05, 0.1) is 4.90 Å². The minimum atomic E-state index is -4.66. The van der Waals surface area contributed by atoms with E-state index >= 15 is 0 Å². The van der Waals surface area contributed by atoms with Gasteiger partial charge in [0.2, 0.25) is 0 Å². The topological polar surface area (TPSA) is 89.2 Å². The van der Waals surface area contributed by atoms with Gasteiger partial charge in [0, 0.05) is 12.8 Å². The third-order valence-corrected chi connectivity index (χ3v) is 4.47. The maximum atomic E-state index is 12.8. The molecule has 0 saturated carbocycles. The minimum absolute atomic E-state index is 0.0182. The van der Waals surface area contributed by atoms with Crippen molar-refractivity contribution in [1.29, 1.82) is 0 Å². The van der Waals surface area contributed by atoms with Crippen LogP contribution >= 0.6 is 0 Å². The second-order valence-corrected chi connectivity index (χ2v) is 7.30. The number of aromatic nitrogens is 4. The maximum absolute atomic E-state index is 12.8. The fraction of sp³-hybridized carbons (Fsp3) is 0.214. The van der Waals surface area contributed by atoms with E-state index in [2.05, 4.69) is 20.6 Å². The van der Waals surface area contributed by atoms with Crippen LogP contribution < -0.4 is 5.32 Å². The first-order chi connectivity index (χ1) is 11.6. The predicted octanol–water partition coefficient (Wildman–Crippen LogP) is 2.16. The van der Waals surface area contributed by atoms with Crippen molar-refractivity contribution in [3.63, 3.8) is 0 Å². The Morgan fingerprint density at radius 1 is 1.08 bits per heavy atom. The first-order valence-electron chi connectivity index (χ1n) is 6.97. The van der Waals surface area contributed by atoms with Gasteiger partial charge in [-0.1, -0.05) is 12.1 Å². The van der Waals surface area contributed by atoms with Gasteiger partial charge < -0.3 is 5.32 Å². The predicted molar refractivity (Wildman–Crippen MR) is 82.7 cm³/mol. The van der Waals surface area contributed by atoms with Crippen molar-refractivity contribution < 1.29 is 21.6 Å². The maximum Gasteiger partial charge on any atom is 0.453 e. The Kier molecular flexibility index (Phi) is 4.11. The normalized spacial score (nSPS) is 12.5. The molecule has 0 fully saturated rings. The van der Waals surface area contributed by atoms with E-state index in [9.17, 15) is 21.6 Å². The van der Waals surface area contributed by atoms with Gasteiger partial charge in [-0.25, -0.2) is 8.42 Å². The molecule has 0 amide bonds. The van der Waals surface area contributed by atoms with E-state index in [0.717, 1.165) is 11.8 Å². The lowest BCUT2D eigenvalue weighted by Crippen LogP contribution is -2.13. The molecule has 2 aromatic heterocycles. The molecule has 0 spiro atoms. The zero-order chi connectivity index (χ0) is 18.2. The molecule has 132 valence electrons. The molecule has 0 unspecified atom stereocenters. The summed E-state index contributed by atoms with van der Waals surface area (Å²) in [5.74, 6) is -1.01. The van der Waals surface area contributed by atoms with Crippen molar-refractivity contribution in [1.82, 2.24) is 19.8 Å². The summed E-state index contributed by atoms with van der Waals surface area (Å²) >= 11 is 0. The molecule has 0 radical (unpaired) electrons. The molecule has 3 rings (SSSR count). The van der Waals surface area contributed by atoms with Crippen LogP contribution in [0.4, 0.5) is 19.0 Å². The number of hydrogen-bond acceptors (Lipinski definition) is 6. The molecule has 2 heterocycles. The number of alkyl halides is 3. The molecule has 0 aliphatic carbocycles. The molecule has 11 heteroatoms. The Labute approximate surface area is 140 Å². The Bertz CT molecular complexity index is 1010. The Morgan fingerprint density at radius 3 is 2.36 bits per heavy atom. The summed E-state index contributed by atoms with van der Waals surface area (Å²) < 4.78 is 61.9. The number of halogens is 3. The van der Waals surface area contributed by atoms with E-state index in [1.165, 1.54) is 24.3 Å². The highest BCUT2D eigenvalue weighted by Gasteiger charge is 2.37. The molecule has 0 atom stereocenters. The second kappa shape index (κ2) is 5.99. The number of hydrogen-bond donors (Lipinski definition) is 1. The van der Waals surface area contributed by atoms with Gasteiger partial charge in [0.15, 0.2) is 15.5 Å². The van der Waals surface area contributed by atoms with E-state index in [0.29, 0.717) is 4.52 Å². The molecule has 3 aromatic rings. The monoisotopic (exact) mass is 371 g/mol. The average molecular weight is 371 g/mol.